The van der Waals surface area contributed by atoms with Crippen LogP contribution in [0, 0.1) is 0 Å². The van der Waals surface area contributed by atoms with Gasteiger partial charge in [0, 0.05) is 6.20 Å². The Kier molecular flexibility index (Phi) is 3.10. The van der Waals surface area contributed by atoms with Crippen LogP contribution in [-0.4, -0.2) is 27.0 Å². The first-order chi connectivity index (χ1) is 8.18. The smallest absolute Gasteiger partial charge is 0.356 e. The number of carboxylic acids is 1. The Balaban J connectivity index is 2.21. The number of carbonyl (C=O) groups excluding carboxylic acids is 1. The Morgan fingerprint density at radius 1 is 1.41 bits per heavy atom. The molecule has 7 heteroatoms. The van der Waals surface area contributed by atoms with Crippen molar-refractivity contribution in [2.45, 2.75) is 0 Å². The SMILES string of the molecule is O=C(O)c1ncsc1C(=O)Oc1cccnc1. The molecule has 2 rings (SSSR count). The minimum Gasteiger partial charge on any atom is -0.476 e. The van der Waals surface area contributed by atoms with E-state index in [2.05, 4.69) is 9.97 Å². The topological polar surface area (TPSA) is 89.4 Å². The summed E-state index contributed by atoms with van der Waals surface area (Å²) in [6.45, 7) is 0. The summed E-state index contributed by atoms with van der Waals surface area (Å²) >= 11 is 0.918. The van der Waals surface area contributed by atoms with Gasteiger partial charge in [-0.3, -0.25) is 4.98 Å². The minimum absolute atomic E-state index is 0.0404. The second kappa shape index (κ2) is 4.71. The molecule has 0 radical (unpaired) electrons. The number of carbonyl (C=O) groups is 2. The molecule has 2 aromatic heterocycles. The highest BCUT2D eigenvalue weighted by atomic mass is 32.1. The van der Waals surface area contributed by atoms with Crippen LogP contribution in [0.5, 0.6) is 5.75 Å². The number of esters is 1. The molecule has 0 aliphatic heterocycles. The highest BCUT2D eigenvalue weighted by molar-refractivity contribution is 7.12. The van der Waals surface area contributed by atoms with Gasteiger partial charge < -0.3 is 9.84 Å². The van der Waals surface area contributed by atoms with Gasteiger partial charge in [0.2, 0.25) is 0 Å². The lowest BCUT2D eigenvalue weighted by Crippen LogP contribution is -2.12. The molecule has 6 nitrogen and oxygen atoms in total. The molecule has 17 heavy (non-hydrogen) atoms. The zero-order valence-corrected chi connectivity index (χ0v) is 9.18. The van der Waals surface area contributed by atoms with Crippen LogP contribution in [0.4, 0.5) is 0 Å². The highest BCUT2D eigenvalue weighted by Gasteiger charge is 2.21. The van der Waals surface area contributed by atoms with Crippen LogP contribution in [0.15, 0.2) is 30.0 Å². The third-order valence-corrected chi connectivity index (χ3v) is 2.61. The molecule has 0 saturated heterocycles. The van der Waals surface area contributed by atoms with E-state index in [9.17, 15) is 9.59 Å². The lowest BCUT2D eigenvalue weighted by Gasteiger charge is -2.01. The van der Waals surface area contributed by atoms with E-state index >= 15 is 0 Å². The molecule has 2 heterocycles. The summed E-state index contributed by atoms with van der Waals surface area (Å²) in [5.41, 5.74) is 0.979. The number of hydrogen-bond acceptors (Lipinski definition) is 6. The molecule has 0 bridgehead atoms. The van der Waals surface area contributed by atoms with Crippen LogP contribution in [0.2, 0.25) is 0 Å². The summed E-state index contributed by atoms with van der Waals surface area (Å²) in [5.74, 6) is -1.76. The van der Waals surface area contributed by atoms with Crippen molar-refractivity contribution in [2.24, 2.45) is 0 Å². The van der Waals surface area contributed by atoms with Crippen molar-refractivity contribution in [3.63, 3.8) is 0 Å². The summed E-state index contributed by atoms with van der Waals surface area (Å²) in [6, 6.07) is 3.15. The molecule has 0 aliphatic rings. The molecule has 86 valence electrons. The summed E-state index contributed by atoms with van der Waals surface area (Å²) < 4.78 is 4.96. The first kappa shape index (κ1) is 11.2. The molecule has 0 atom stereocenters. The molecule has 0 spiro atoms. The molecule has 0 aliphatic carbocycles. The van der Waals surface area contributed by atoms with Crippen LogP contribution in [0.25, 0.3) is 0 Å². The van der Waals surface area contributed by atoms with Crippen LogP contribution in [0.3, 0.4) is 0 Å². The second-order valence-corrected chi connectivity index (χ2v) is 3.77. The monoisotopic (exact) mass is 250 g/mol. The number of aromatic carboxylic acids is 1. The lowest BCUT2D eigenvalue weighted by molar-refractivity contribution is 0.0665. The van der Waals surface area contributed by atoms with Gasteiger partial charge in [-0.05, 0) is 12.1 Å². The van der Waals surface area contributed by atoms with E-state index in [1.54, 1.807) is 12.1 Å². The summed E-state index contributed by atoms with van der Waals surface area (Å²) in [7, 11) is 0. The van der Waals surface area contributed by atoms with Crippen molar-refractivity contribution >= 4 is 23.3 Å². The molecule has 0 unspecified atom stereocenters. The standard InChI is InChI=1S/C10H6N2O4S/c13-9(14)7-8(17-5-12-7)10(15)16-6-2-1-3-11-4-6/h1-5H,(H,13,14). The minimum atomic E-state index is -1.26. The van der Waals surface area contributed by atoms with Crippen LogP contribution >= 0.6 is 11.3 Å². The number of thiazole rings is 1. The highest BCUT2D eigenvalue weighted by Crippen LogP contribution is 2.17. The van der Waals surface area contributed by atoms with Crippen LogP contribution in [-0.2, 0) is 0 Å². The molecular weight excluding hydrogens is 244 g/mol. The Bertz CT molecular complexity index is 552. The van der Waals surface area contributed by atoms with E-state index in [1.165, 1.54) is 17.9 Å². The predicted molar refractivity (Wildman–Crippen MR) is 58.3 cm³/mol. The van der Waals surface area contributed by atoms with Gasteiger partial charge in [-0.2, -0.15) is 0 Å². The Morgan fingerprint density at radius 3 is 2.88 bits per heavy atom. The maximum absolute atomic E-state index is 11.7. The molecule has 0 aromatic carbocycles. The number of pyridine rings is 1. The van der Waals surface area contributed by atoms with Gasteiger partial charge in [0.1, 0.15) is 10.6 Å². The van der Waals surface area contributed by atoms with Gasteiger partial charge in [-0.15, -0.1) is 11.3 Å². The van der Waals surface area contributed by atoms with Gasteiger partial charge in [-0.1, -0.05) is 0 Å². The van der Waals surface area contributed by atoms with Gasteiger partial charge in [0.05, 0.1) is 11.7 Å². The van der Waals surface area contributed by atoms with Crippen molar-refractivity contribution in [1.82, 2.24) is 9.97 Å². The Labute approximate surface area is 99.5 Å². The van der Waals surface area contributed by atoms with E-state index in [4.69, 9.17) is 9.84 Å². The van der Waals surface area contributed by atoms with E-state index in [0.717, 1.165) is 11.3 Å². The lowest BCUT2D eigenvalue weighted by atomic mass is 10.3. The van der Waals surface area contributed by atoms with Crippen LogP contribution < -0.4 is 4.74 Å². The number of rotatable bonds is 3. The van der Waals surface area contributed by atoms with E-state index in [0.29, 0.717) is 0 Å². The van der Waals surface area contributed by atoms with Crippen molar-refractivity contribution in [3.8, 4) is 5.75 Å². The fraction of sp³-hybridized carbons (Fsp3) is 0. The molecule has 2 aromatic rings. The third-order valence-electron chi connectivity index (χ3n) is 1.80. The van der Waals surface area contributed by atoms with Gasteiger partial charge in [0.25, 0.3) is 0 Å². The maximum atomic E-state index is 11.7. The van der Waals surface area contributed by atoms with Crippen molar-refractivity contribution < 1.29 is 19.4 Å². The van der Waals surface area contributed by atoms with Crippen molar-refractivity contribution in [2.75, 3.05) is 0 Å². The van der Waals surface area contributed by atoms with Crippen molar-refractivity contribution in [1.29, 1.82) is 0 Å². The number of nitrogens with zero attached hydrogens (tertiary/aromatic N) is 2. The average molecular weight is 250 g/mol. The molecule has 0 saturated carbocycles. The van der Waals surface area contributed by atoms with E-state index in [1.807, 2.05) is 0 Å². The average Bonchev–Trinajstić information content (AvgIpc) is 2.79. The Morgan fingerprint density at radius 2 is 2.24 bits per heavy atom. The molecular formula is C10H6N2O4S. The van der Waals surface area contributed by atoms with Gasteiger partial charge in [-0.25, -0.2) is 14.6 Å². The first-order valence-corrected chi connectivity index (χ1v) is 5.35. The fourth-order valence-corrected chi connectivity index (χ4v) is 1.76. The molecule has 0 fully saturated rings. The zero-order chi connectivity index (χ0) is 12.3. The number of ether oxygens (including phenoxy) is 1. The van der Waals surface area contributed by atoms with Crippen LogP contribution in [0.1, 0.15) is 20.2 Å². The quantitative estimate of drug-likeness (QED) is 0.829. The molecule has 1 N–H and O–H groups in total. The van der Waals surface area contributed by atoms with Gasteiger partial charge >= 0.3 is 11.9 Å². The number of carboxylic acid groups (broad SMARTS) is 1. The zero-order valence-electron chi connectivity index (χ0n) is 8.36. The summed E-state index contributed by atoms with van der Waals surface area (Å²) in [4.78, 5) is 29.7. The summed E-state index contributed by atoms with van der Waals surface area (Å²) in [5, 5.41) is 8.79. The maximum Gasteiger partial charge on any atom is 0.356 e. The second-order valence-electron chi connectivity index (χ2n) is 2.91. The Hall–Kier alpha value is -2.28. The van der Waals surface area contributed by atoms with E-state index < -0.39 is 11.9 Å². The third kappa shape index (κ3) is 2.45. The number of hydrogen-bond donors (Lipinski definition) is 1. The fourth-order valence-electron chi connectivity index (χ4n) is 1.10. The molecule has 0 amide bonds. The van der Waals surface area contributed by atoms with Crippen molar-refractivity contribution in [3.05, 3.63) is 40.6 Å². The number of aromatic nitrogens is 2. The normalized spacial score (nSPS) is 9.88. The van der Waals surface area contributed by atoms with Gasteiger partial charge in [0.15, 0.2) is 5.69 Å². The predicted octanol–water partition coefficient (Wildman–Crippen LogP) is 1.46. The van der Waals surface area contributed by atoms with E-state index in [-0.39, 0.29) is 16.3 Å². The summed E-state index contributed by atoms with van der Waals surface area (Å²) in [6.07, 6.45) is 2.89. The largest absolute Gasteiger partial charge is 0.476 e. The first-order valence-electron chi connectivity index (χ1n) is 4.47.